The fourth-order valence-corrected chi connectivity index (χ4v) is 4.58. The van der Waals surface area contributed by atoms with Crippen LogP contribution >= 0.6 is 11.8 Å². The summed E-state index contributed by atoms with van der Waals surface area (Å²) < 4.78 is 13.4. The summed E-state index contributed by atoms with van der Waals surface area (Å²) in [6, 6.07) is 25.1. The topological polar surface area (TPSA) is 78.3 Å². The average molecular weight is 503 g/mol. The smallest absolute Gasteiger partial charge is 0.234 e. The number of benzene rings is 3. The van der Waals surface area contributed by atoms with Crippen molar-refractivity contribution in [3.8, 4) is 17.2 Å². The lowest BCUT2D eigenvalue weighted by Gasteiger charge is -2.17. The lowest BCUT2D eigenvalue weighted by atomic mass is 10.0. The molecule has 7 nitrogen and oxygen atoms in total. The van der Waals surface area contributed by atoms with Gasteiger partial charge in [0.2, 0.25) is 5.91 Å². The number of ether oxygens (including phenoxy) is 2. The number of hydrogen-bond donors (Lipinski definition) is 1. The molecule has 0 saturated carbocycles. The van der Waals surface area contributed by atoms with Crippen LogP contribution in [0.4, 0.5) is 5.69 Å². The molecule has 0 bridgehead atoms. The van der Waals surface area contributed by atoms with Crippen molar-refractivity contribution in [3.05, 3.63) is 90.3 Å². The van der Waals surface area contributed by atoms with Crippen molar-refractivity contribution >= 4 is 23.4 Å². The van der Waals surface area contributed by atoms with Crippen LogP contribution in [0.2, 0.25) is 0 Å². The van der Waals surface area contributed by atoms with Gasteiger partial charge in [0, 0.05) is 17.4 Å². The van der Waals surface area contributed by atoms with Crippen LogP contribution in [0.15, 0.2) is 84.0 Å². The van der Waals surface area contributed by atoms with Gasteiger partial charge in [-0.05, 0) is 48.7 Å². The molecule has 0 aliphatic rings. The molecule has 1 aromatic heterocycles. The highest BCUT2D eigenvalue weighted by Gasteiger charge is 2.22. The molecule has 0 radical (unpaired) electrons. The van der Waals surface area contributed by atoms with Gasteiger partial charge >= 0.3 is 0 Å². The molecular formula is C28H30N4O3S. The van der Waals surface area contributed by atoms with Gasteiger partial charge in [0.1, 0.15) is 11.5 Å². The Kier molecular flexibility index (Phi) is 8.28. The fourth-order valence-electron chi connectivity index (χ4n) is 3.82. The van der Waals surface area contributed by atoms with E-state index in [1.54, 1.807) is 7.11 Å². The molecule has 1 unspecified atom stereocenters. The molecule has 0 fully saturated rings. The van der Waals surface area contributed by atoms with Crippen LogP contribution in [0.25, 0.3) is 5.69 Å². The van der Waals surface area contributed by atoms with Crippen molar-refractivity contribution in [1.82, 2.24) is 14.8 Å². The van der Waals surface area contributed by atoms with Crippen LogP contribution < -0.4 is 14.8 Å². The zero-order valence-corrected chi connectivity index (χ0v) is 21.7. The molecule has 0 aliphatic carbocycles. The summed E-state index contributed by atoms with van der Waals surface area (Å²) in [6.45, 7) is 6.14. The van der Waals surface area contributed by atoms with Gasteiger partial charge in [-0.3, -0.25) is 9.36 Å². The molecule has 1 amide bonds. The first kappa shape index (κ1) is 25.3. The zero-order valence-electron chi connectivity index (χ0n) is 20.8. The van der Waals surface area contributed by atoms with Gasteiger partial charge in [-0.25, -0.2) is 0 Å². The molecule has 0 spiro atoms. The van der Waals surface area contributed by atoms with E-state index in [4.69, 9.17) is 9.47 Å². The fraction of sp³-hybridized carbons (Fsp3) is 0.250. The summed E-state index contributed by atoms with van der Waals surface area (Å²) >= 11 is 1.34. The second kappa shape index (κ2) is 11.8. The number of methoxy groups -OCH3 is 1. The predicted octanol–water partition coefficient (Wildman–Crippen LogP) is 6.27. The summed E-state index contributed by atoms with van der Waals surface area (Å²) in [6.07, 6.45) is -0.397. The molecule has 4 aromatic rings. The van der Waals surface area contributed by atoms with Gasteiger partial charge in [-0.2, -0.15) is 0 Å². The van der Waals surface area contributed by atoms with E-state index >= 15 is 0 Å². The van der Waals surface area contributed by atoms with Crippen molar-refractivity contribution < 1.29 is 14.3 Å². The minimum absolute atomic E-state index is 0.0991. The van der Waals surface area contributed by atoms with E-state index in [9.17, 15) is 4.79 Å². The van der Waals surface area contributed by atoms with Crippen molar-refractivity contribution in [2.45, 2.75) is 37.9 Å². The number of nitrogens with one attached hydrogen (secondary N) is 1. The monoisotopic (exact) mass is 502 g/mol. The van der Waals surface area contributed by atoms with E-state index in [0.29, 0.717) is 28.4 Å². The number of rotatable bonds is 10. The second-order valence-electron chi connectivity index (χ2n) is 8.53. The Morgan fingerprint density at radius 1 is 0.944 bits per heavy atom. The van der Waals surface area contributed by atoms with Crippen LogP contribution in [-0.2, 0) is 4.79 Å². The number of hydrogen-bond acceptors (Lipinski definition) is 6. The number of nitrogens with zero attached hydrogens (tertiary/aromatic N) is 3. The highest BCUT2D eigenvalue weighted by atomic mass is 32.2. The molecule has 1 N–H and O–H groups in total. The first-order valence-corrected chi connectivity index (χ1v) is 12.8. The number of thioether (sulfide) groups is 1. The van der Waals surface area contributed by atoms with E-state index in [1.165, 1.54) is 11.8 Å². The Balaban J connectivity index is 1.54. The summed E-state index contributed by atoms with van der Waals surface area (Å²) in [5, 5.41) is 12.5. The minimum Gasteiger partial charge on any atom is -0.497 e. The number of carbonyl (C=O) groups is 1. The van der Waals surface area contributed by atoms with Gasteiger partial charge in [-0.15, -0.1) is 10.2 Å². The molecule has 0 aliphatic heterocycles. The zero-order chi connectivity index (χ0) is 25.5. The summed E-state index contributed by atoms with van der Waals surface area (Å²) in [7, 11) is 1.62. The van der Waals surface area contributed by atoms with E-state index in [-0.39, 0.29) is 11.7 Å². The molecular weight excluding hydrogens is 472 g/mol. The quantitative estimate of drug-likeness (QED) is 0.258. The largest absolute Gasteiger partial charge is 0.497 e. The first-order valence-electron chi connectivity index (χ1n) is 11.8. The van der Waals surface area contributed by atoms with E-state index in [1.807, 2.05) is 90.4 Å². The lowest BCUT2D eigenvalue weighted by Crippen LogP contribution is -2.16. The highest BCUT2D eigenvalue weighted by molar-refractivity contribution is 7.99. The highest BCUT2D eigenvalue weighted by Crippen LogP contribution is 2.30. The third-order valence-corrected chi connectivity index (χ3v) is 6.51. The SMILES string of the molecule is COc1cccc(OC(C)c2nnc(SCC(=O)Nc3ccccc3C(C)C)n2-c2ccccc2)c1. The summed E-state index contributed by atoms with van der Waals surface area (Å²) in [4.78, 5) is 12.8. The summed E-state index contributed by atoms with van der Waals surface area (Å²) in [5.74, 6) is 2.43. The molecule has 4 rings (SSSR count). The van der Waals surface area contributed by atoms with Crippen LogP contribution in [0.1, 0.15) is 44.2 Å². The number of para-hydroxylation sites is 2. The van der Waals surface area contributed by atoms with Crippen molar-refractivity contribution in [2.75, 3.05) is 18.2 Å². The Bertz CT molecular complexity index is 1310. The maximum Gasteiger partial charge on any atom is 0.234 e. The molecule has 8 heteroatoms. The molecule has 186 valence electrons. The number of aromatic nitrogens is 3. The lowest BCUT2D eigenvalue weighted by molar-refractivity contribution is -0.113. The van der Waals surface area contributed by atoms with Gasteiger partial charge < -0.3 is 14.8 Å². The van der Waals surface area contributed by atoms with Crippen LogP contribution in [-0.4, -0.2) is 33.5 Å². The van der Waals surface area contributed by atoms with E-state index < -0.39 is 6.10 Å². The number of carbonyl (C=O) groups excluding carboxylic acids is 1. The average Bonchev–Trinajstić information content (AvgIpc) is 3.32. The number of amides is 1. The Morgan fingerprint density at radius 2 is 1.67 bits per heavy atom. The molecule has 3 aromatic carbocycles. The first-order chi connectivity index (χ1) is 17.5. The second-order valence-corrected chi connectivity index (χ2v) is 9.47. The Hall–Kier alpha value is -3.78. The van der Waals surface area contributed by atoms with E-state index in [0.717, 1.165) is 16.9 Å². The van der Waals surface area contributed by atoms with Crippen LogP contribution in [0.3, 0.4) is 0 Å². The maximum atomic E-state index is 12.8. The van der Waals surface area contributed by atoms with Gasteiger partial charge in [0.15, 0.2) is 17.1 Å². The minimum atomic E-state index is -0.397. The predicted molar refractivity (Wildman–Crippen MR) is 143 cm³/mol. The molecule has 0 saturated heterocycles. The Morgan fingerprint density at radius 3 is 2.42 bits per heavy atom. The maximum absolute atomic E-state index is 12.8. The molecule has 1 heterocycles. The van der Waals surface area contributed by atoms with Gasteiger partial charge in [0.25, 0.3) is 0 Å². The summed E-state index contributed by atoms with van der Waals surface area (Å²) in [5.41, 5.74) is 2.84. The van der Waals surface area contributed by atoms with Gasteiger partial charge in [0.05, 0.1) is 12.9 Å². The Labute approximate surface area is 215 Å². The van der Waals surface area contributed by atoms with Crippen LogP contribution in [0, 0.1) is 0 Å². The molecule has 36 heavy (non-hydrogen) atoms. The third kappa shape index (κ3) is 6.07. The van der Waals surface area contributed by atoms with Crippen molar-refractivity contribution in [3.63, 3.8) is 0 Å². The van der Waals surface area contributed by atoms with Crippen LogP contribution in [0.5, 0.6) is 11.5 Å². The number of anilines is 1. The van der Waals surface area contributed by atoms with Crippen molar-refractivity contribution in [2.24, 2.45) is 0 Å². The third-order valence-electron chi connectivity index (χ3n) is 5.58. The normalized spacial score (nSPS) is 11.8. The van der Waals surface area contributed by atoms with Crippen molar-refractivity contribution in [1.29, 1.82) is 0 Å². The standard InChI is InChI=1S/C28H30N4O3S/c1-19(2)24-15-8-9-16-25(24)29-26(33)18-36-28-31-30-27(32(28)21-11-6-5-7-12-21)20(3)35-23-14-10-13-22(17-23)34-4/h5-17,19-20H,18H2,1-4H3,(H,29,33). The van der Waals surface area contributed by atoms with Gasteiger partial charge in [-0.1, -0.05) is 68.1 Å². The molecule has 1 atom stereocenters. The van der Waals surface area contributed by atoms with E-state index in [2.05, 4.69) is 29.4 Å².